The molecular formula is H3CaKMgN. The van der Waals surface area contributed by atoms with E-state index >= 15 is 0 Å². The van der Waals surface area contributed by atoms with Crippen molar-refractivity contribution in [2.75, 3.05) is 0 Å². The van der Waals surface area contributed by atoms with Crippen LogP contribution in [-0.4, -0.2) is 112 Å². The van der Waals surface area contributed by atoms with Crippen LogP contribution in [-0.2, 0) is 0 Å². The van der Waals surface area contributed by atoms with Gasteiger partial charge < -0.3 is 6.15 Å². The SMILES string of the molecule is N.[Ca].[K].[Mg]. The molecule has 0 aromatic rings. The van der Waals surface area contributed by atoms with Crippen LogP contribution >= 0.6 is 0 Å². The van der Waals surface area contributed by atoms with E-state index in [1.807, 2.05) is 0 Å². The molecule has 0 amide bonds. The molecule has 0 saturated carbocycles. The molecule has 0 fully saturated rings. The maximum atomic E-state index is 0. The molecule has 0 rings (SSSR count). The third-order valence-electron chi connectivity index (χ3n) is 0. The van der Waals surface area contributed by atoms with Crippen molar-refractivity contribution in [1.82, 2.24) is 6.15 Å². The van der Waals surface area contributed by atoms with Crippen molar-refractivity contribution in [3.05, 3.63) is 0 Å². The minimum Gasteiger partial charge on any atom is -0.344 e. The molecule has 4 heavy (non-hydrogen) atoms. The van der Waals surface area contributed by atoms with Gasteiger partial charge in [0, 0.05) is 112 Å². The van der Waals surface area contributed by atoms with Gasteiger partial charge in [0.2, 0.25) is 0 Å². The van der Waals surface area contributed by atoms with Crippen molar-refractivity contribution in [2.45, 2.75) is 0 Å². The Hall–Kier alpha value is 3.62. The molecule has 0 unspecified atom stereocenters. The van der Waals surface area contributed by atoms with Crippen molar-refractivity contribution >= 4 is 112 Å². The summed E-state index contributed by atoms with van der Waals surface area (Å²) in [4.78, 5) is 0. The zero-order valence-corrected chi connectivity index (χ0v) is 9.87. The van der Waals surface area contributed by atoms with Gasteiger partial charge in [-0.05, 0) is 0 Å². The molecule has 0 aromatic heterocycles. The van der Waals surface area contributed by atoms with E-state index in [1.54, 1.807) is 0 Å². The normalized spacial score (nSPS) is 0. The first-order valence-electron chi connectivity index (χ1n) is 0. The van der Waals surface area contributed by atoms with Gasteiger partial charge in [-0.15, -0.1) is 0 Å². The molecule has 0 atom stereocenters. The van der Waals surface area contributed by atoms with Gasteiger partial charge in [-0.1, -0.05) is 0 Å². The Labute approximate surface area is 115 Å². The largest absolute Gasteiger partial charge is 0.344 e. The van der Waals surface area contributed by atoms with Crippen LogP contribution < -0.4 is 6.15 Å². The predicted octanol–water partition coefficient (Wildman–Crippen LogP) is -0.980. The van der Waals surface area contributed by atoms with Gasteiger partial charge in [-0.25, -0.2) is 0 Å². The molecular weight excluding hydrogens is 117 g/mol. The summed E-state index contributed by atoms with van der Waals surface area (Å²) < 4.78 is 0. The van der Waals surface area contributed by atoms with E-state index in [9.17, 15) is 0 Å². The van der Waals surface area contributed by atoms with Gasteiger partial charge in [-0.3, -0.25) is 0 Å². The molecule has 5 radical (unpaired) electrons. The topological polar surface area (TPSA) is 35.0 Å². The van der Waals surface area contributed by atoms with Crippen molar-refractivity contribution in [1.29, 1.82) is 0 Å². The first-order chi connectivity index (χ1) is 0. The molecule has 0 heterocycles. The third kappa shape index (κ3) is 9.16. The second kappa shape index (κ2) is 16.0. The summed E-state index contributed by atoms with van der Waals surface area (Å²) in [7, 11) is 0. The predicted molar refractivity (Wildman–Crippen MR) is 22.3 cm³/mol. The molecule has 3 N–H and O–H groups in total. The summed E-state index contributed by atoms with van der Waals surface area (Å²) in [5.74, 6) is 0. The molecule has 0 aromatic carbocycles. The van der Waals surface area contributed by atoms with E-state index in [0.717, 1.165) is 0 Å². The van der Waals surface area contributed by atoms with Gasteiger partial charge in [0.25, 0.3) is 0 Å². The minimum absolute atomic E-state index is 0. The maximum Gasteiger partial charge on any atom is 0 e. The molecule has 4 heteroatoms. The van der Waals surface area contributed by atoms with Crippen LogP contribution in [0, 0.1) is 0 Å². The van der Waals surface area contributed by atoms with E-state index in [4.69, 9.17) is 0 Å². The molecule has 1 nitrogen and oxygen atoms in total. The number of hydrogen-bond acceptors (Lipinski definition) is 1. The molecule has 0 bridgehead atoms. The second-order valence-corrected chi connectivity index (χ2v) is 0. The first kappa shape index (κ1) is 25.5. The quantitative estimate of drug-likeness (QED) is 0.410. The Morgan fingerprint density at radius 3 is 1.00 bits per heavy atom. The summed E-state index contributed by atoms with van der Waals surface area (Å²) in [5.41, 5.74) is 0. The second-order valence-electron chi connectivity index (χ2n) is 0. The van der Waals surface area contributed by atoms with Crippen LogP contribution in [0.2, 0.25) is 0 Å². The van der Waals surface area contributed by atoms with E-state index in [0.29, 0.717) is 0 Å². The number of rotatable bonds is 0. The summed E-state index contributed by atoms with van der Waals surface area (Å²) in [6.07, 6.45) is 0. The van der Waals surface area contributed by atoms with Crippen LogP contribution in [0.4, 0.5) is 0 Å². The third-order valence-corrected chi connectivity index (χ3v) is 0. The minimum atomic E-state index is 0. The van der Waals surface area contributed by atoms with Gasteiger partial charge in [0.15, 0.2) is 0 Å². The van der Waals surface area contributed by atoms with Crippen LogP contribution in [0.5, 0.6) is 0 Å². The van der Waals surface area contributed by atoms with Gasteiger partial charge in [0.1, 0.15) is 0 Å². The fourth-order valence-corrected chi connectivity index (χ4v) is 0. The maximum absolute atomic E-state index is 0. The Bertz CT molecular complexity index is 8.00. The average molecular weight is 121 g/mol. The fourth-order valence-electron chi connectivity index (χ4n) is 0. The molecule has 0 saturated heterocycles. The van der Waals surface area contributed by atoms with Crippen LogP contribution in [0.25, 0.3) is 0 Å². The fraction of sp³-hybridized carbons (Fsp3) is 0. The summed E-state index contributed by atoms with van der Waals surface area (Å²) in [5, 5.41) is 0. The van der Waals surface area contributed by atoms with Gasteiger partial charge >= 0.3 is 0 Å². The molecule has 0 aliphatic carbocycles. The van der Waals surface area contributed by atoms with Crippen LogP contribution in [0.15, 0.2) is 0 Å². The molecule has 0 aliphatic rings. The standard InChI is InChI=1S/Ca.K.Mg.H3N/h;;;1H3. The Morgan fingerprint density at radius 1 is 1.00 bits per heavy atom. The summed E-state index contributed by atoms with van der Waals surface area (Å²) in [6, 6.07) is 0. The zero-order chi connectivity index (χ0) is 0. The summed E-state index contributed by atoms with van der Waals surface area (Å²) in [6.45, 7) is 0. The Balaban J connectivity index is 0. The average Bonchev–Trinajstić information content (AvgIpc) is 0. The molecule has 13 valence electrons. The molecule has 0 spiro atoms. The number of hydrogen-bond donors (Lipinski definition) is 1. The van der Waals surface area contributed by atoms with Crippen LogP contribution in [0.1, 0.15) is 0 Å². The zero-order valence-electron chi connectivity index (χ0n) is 3.12. The van der Waals surface area contributed by atoms with Crippen molar-refractivity contribution in [3.63, 3.8) is 0 Å². The smallest absolute Gasteiger partial charge is 0 e. The van der Waals surface area contributed by atoms with Gasteiger partial charge in [-0.2, -0.15) is 0 Å². The van der Waals surface area contributed by atoms with E-state index in [2.05, 4.69) is 0 Å². The van der Waals surface area contributed by atoms with Crippen molar-refractivity contribution < 1.29 is 0 Å². The van der Waals surface area contributed by atoms with E-state index in [1.165, 1.54) is 0 Å². The van der Waals surface area contributed by atoms with Crippen molar-refractivity contribution in [3.8, 4) is 0 Å². The van der Waals surface area contributed by atoms with Crippen molar-refractivity contribution in [2.24, 2.45) is 0 Å². The monoisotopic (exact) mass is 120 g/mol. The Kier molecular flexibility index (Phi) is 102. The van der Waals surface area contributed by atoms with Crippen LogP contribution in [0.3, 0.4) is 0 Å². The summed E-state index contributed by atoms with van der Waals surface area (Å²) >= 11 is 0. The van der Waals surface area contributed by atoms with Gasteiger partial charge in [0.05, 0.1) is 0 Å². The first-order valence-corrected chi connectivity index (χ1v) is 0. The van der Waals surface area contributed by atoms with E-state index in [-0.39, 0.29) is 118 Å². The Morgan fingerprint density at radius 2 is 1.00 bits per heavy atom. The van der Waals surface area contributed by atoms with E-state index < -0.39 is 0 Å². The molecule has 0 aliphatic heterocycles.